The molecule has 0 radical (unpaired) electrons. The van der Waals surface area contributed by atoms with Crippen molar-refractivity contribution in [2.75, 3.05) is 13.6 Å². The molecule has 0 bridgehead atoms. The Hall–Kier alpha value is 0.470. The number of amides is 1. The average Bonchev–Trinajstić information content (AvgIpc) is 1.91. The zero-order valence-corrected chi connectivity index (χ0v) is 7.48. The van der Waals surface area contributed by atoms with Crippen LogP contribution in [-0.4, -0.2) is 24.4 Å². The van der Waals surface area contributed by atoms with E-state index in [9.17, 15) is 4.79 Å². The van der Waals surface area contributed by atoms with Crippen molar-refractivity contribution >= 4 is 5.91 Å². The molecule has 0 saturated carbocycles. The Bertz CT molecular complexity index is 94.4. The van der Waals surface area contributed by atoms with Gasteiger partial charge in [-0.3, -0.25) is 4.79 Å². The number of carbonyl (C=O) groups is 1. The van der Waals surface area contributed by atoms with Crippen LogP contribution < -0.4 is 29.6 Å². The zero-order valence-electron chi connectivity index (χ0n) is 5.48. The number of nitrogens with zero attached hydrogens (tertiary/aromatic N) is 1. The first kappa shape index (κ1) is 8.47. The van der Waals surface area contributed by atoms with Gasteiger partial charge < -0.3 is 4.90 Å². The maximum Gasteiger partial charge on any atom is 1.00 e. The van der Waals surface area contributed by atoms with Gasteiger partial charge in [-0.25, -0.2) is 0 Å². The van der Waals surface area contributed by atoms with Crippen LogP contribution in [0.25, 0.3) is 0 Å². The van der Waals surface area contributed by atoms with Crippen molar-refractivity contribution in [2.45, 2.75) is 12.8 Å². The molecule has 1 aliphatic heterocycles. The minimum absolute atomic E-state index is 0. The largest absolute Gasteiger partial charge is 1.00 e. The van der Waals surface area contributed by atoms with Gasteiger partial charge in [0.1, 0.15) is 0 Å². The summed E-state index contributed by atoms with van der Waals surface area (Å²) in [7, 11) is 1.84. The molecule has 1 amide bonds. The smallest absolute Gasteiger partial charge is 0.346 e. The van der Waals surface area contributed by atoms with Gasteiger partial charge in [-0.1, -0.05) is 0 Å². The Morgan fingerprint density at radius 1 is 1.62 bits per heavy atom. The molecule has 1 rings (SSSR count). The molecule has 1 heterocycles. The van der Waals surface area contributed by atoms with Crippen LogP contribution in [0.3, 0.4) is 0 Å². The summed E-state index contributed by atoms with van der Waals surface area (Å²) in [5.74, 6) is 0.292. The van der Waals surface area contributed by atoms with Crippen molar-refractivity contribution in [3.8, 4) is 0 Å². The molecule has 0 aromatic rings. The predicted octanol–water partition coefficient (Wildman–Crippen LogP) is -2.76. The molecule has 0 aliphatic carbocycles. The summed E-state index contributed by atoms with van der Waals surface area (Å²) in [5.41, 5.74) is 0. The van der Waals surface area contributed by atoms with E-state index < -0.39 is 0 Å². The van der Waals surface area contributed by atoms with Gasteiger partial charge in [0.25, 0.3) is 0 Å². The molecule has 1 aliphatic rings. The molecule has 0 aromatic heterocycles. The maximum atomic E-state index is 10.5. The summed E-state index contributed by atoms with van der Waals surface area (Å²) in [4.78, 5) is 12.3. The molecule has 8 heavy (non-hydrogen) atoms. The standard InChI is InChI=1S/C5H9NO.Na/c1-6-4-2-3-5(6)7;/h2-4H2,1H3;/q;+1. The number of likely N-dealkylation sites (tertiary alicyclic amines) is 1. The van der Waals surface area contributed by atoms with Crippen LogP contribution in [0.4, 0.5) is 0 Å². The average molecular weight is 122 g/mol. The summed E-state index contributed by atoms with van der Waals surface area (Å²) in [6, 6.07) is 0. The molecule has 0 unspecified atom stereocenters. The number of hydrogen-bond donors (Lipinski definition) is 0. The quantitative estimate of drug-likeness (QED) is 0.319. The second-order valence-corrected chi connectivity index (χ2v) is 1.92. The second kappa shape index (κ2) is 3.49. The summed E-state index contributed by atoms with van der Waals surface area (Å²) in [5, 5.41) is 0. The molecule has 0 N–H and O–H groups in total. The molecule has 2 nitrogen and oxygen atoms in total. The van der Waals surface area contributed by atoms with E-state index in [2.05, 4.69) is 0 Å². The SMILES string of the molecule is CN1CCCC1=O.[Na+]. The minimum atomic E-state index is 0. The monoisotopic (exact) mass is 122 g/mol. The van der Waals surface area contributed by atoms with Crippen LogP contribution >= 0.6 is 0 Å². The Morgan fingerprint density at radius 2 is 2.25 bits per heavy atom. The van der Waals surface area contributed by atoms with Crippen molar-refractivity contribution < 1.29 is 34.4 Å². The van der Waals surface area contributed by atoms with Gasteiger partial charge in [0, 0.05) is 20.0 Å². The van der Waals surface area contributed by atoms with Crippen LogP contribution in [-0.2, 0) is 4.79 Å². The number of carbonyl (C=O) groups excluding carboxylic acids is 1. The van der Waals surface area contributed by atoms with Gasteiger partial charge in [-0.05, 0) is 6.42 Å². The zero-order chi connectivity index (χ0) is 5.28. The Balaban J connectivity index is 0.000000490. The summed E-state index contributed by atoms with van der Waals surface area (Å²) >= 11 is 0. The first-order valence-electron chi connectivity index (χ1n) is 2.54. The summed E-state index contributed by atoms with van der Waals surface area (Å²) in [6.45, 7) is 0.957. The fourth-order valence-corrected chi connectivity index (χ4v) is 0.783. The van der Waals surface area contributed by atoms with Gasteiger partial charge in [-0.2, -0.15) is 0 Å². The fourth-order valence-electron chi connectivity index (χ4n) is 0.783. The number of hydrogen-bond acceptors (Lipinski definition) is 1. The third-order valence-corrected chi connectivity index (χ3v) is 1.31. The van der Waals surface area contributed by atoms with Crippen molar-refractivity contribution in [2.24, 2.45) is 0 Å². The van der Waals surface area contributed by atoms with Gasteiger partial charge >= 0.3 is 29.6 Å². The van der Waals surface area contributed by atoms with Crippen LogP contribution in [0.1, 0.15) is 12.8 Å². The normalized spacial score (nSPS) is 18.6. The van der Waals surface area contributed by atoms with Gasteiger partial charge in [0.15, 0.2) is 0 Å². The molecular weight excluding hydrogens is 113 g/mol. The topological polar surface area (TPSA) is 20.3 Å². The molecular formula is C5H9NNaO+. The van der Waals surface area contributed by atoms with E-state index in [4.69, 9.17) is 0 Å². The molecule has 3 heteroatoms. The van der Waals surface area contributed by atoms with E-state index in [0.29, 0.717) is 5.91 Å². The molecule has 40 valence electrons. The van der Waals surface area contributed by atoms with Gasteiger partial charge in [-0.15, -0.1) is 0 Å². The van der Waals surface area contributed by atoms with Crippen molar-refractivity contribution in [3.05, 3.63) is 0 Å². The molecule has 0 spiro atoms. The molecule has 0 aromatic carbocycles. The minimum Gasteiger partial charge on any atom is -0.346 e. The van der Waals surface area contributed by atoms with E-state index in [0.717, 1.165) is 19.4 Å². The van der Waals surface area contributed by atoms with Crippen LogP contribution in [0.15, 0.2) is 0 Å². The van der Waals surface area contributed by atoms with Crippen molar-refractivity contribution in [1.82, 2.24) is 4.90 Å². The number of rotatable bonds is 0. The molecule has 1 saturated heterocycles. The first-order chi connectivity index (χ1) is 3.30. The maximum absolute atomic E-state index is 10.5. The predicted molar refractivity (Wildman–Crippen MR) is 26.9 cm³/mol. The van der Waals surface area contributed by atoms with Gasteiger partial charge in [0.05, 0.1) is 0 Å². The Morgan fingerprint density at radius 3 is 2.38 bits per heavy atom. The van der Waals surface area contributed by atoms with E-state index >= 15 is 0 Å². The van der Waals surface area contributed by atoms with E-state index in [-0.39, 0.29) is 29.6 Å². The molecule has 0 atom stereocenters. The van der Waals surface area contributed by atoms with Crippen molar-refractivity contribution in [1.29, 1.82) is 0 Å². The van der Waals surface area contributed by atoms with E-state index in [1.807, 2.05) is 7.05 Å². The van der Waals surface area contributed by atoms with E-state index in [1.165, 1.54) is 0 Å². The van der Waals surface area contributed by atoms with Crippen LogP contribution in [0.2, 0.25) is 0 Å². The first-order valence-corrected chi connectivity index (χ1v) is 2.54. The Kier molecular flexibility index (Phi) is 3.69. The Labute approximate surface area is 71.5 Å². The fraction of sp³-hybridized carbons (Fsp3) is 0.800. The van der Waals surface area contributed by atoms with Crippen LogP contribution in [0, 0.1) is 0 Å². The summed E-state index contributed by atoms with van der Waals surface area (Å²) in [6.07, 6.45) is 1.81. The van der Waals surface area contributed by atoms with Crippen molar-refractivity contribution in [3.63, 3.8) is 0 Å². The van der Waals surface area contributed by atoms with Gasteiger partial charge in [0.2, 0.25) is 5.91 Å². The summed E-state index contributed by atoms with van der Waals surface area (Å²) < 4.78 is 0. The third-order valence-electron chi connectivity index (χ3n) is 1.31. The second-order valence-electron chi connectivity index (χ2n) is 1.92. The third kappa shape index (κ3) is 1.77. The van der Waals surface area contributed by atoms with Crippen LogP contribution in [0.5, 0.6) is 0 Å². The molecule has 1 fully saturated rings. The van der Waals surface area contributed by atoms with E-state index in [1.54, 1.807) is 4.90 Å².